The number of pyridine rings is 1. The fourth-order valence-electron chi connectivity index (χ4n) is 3.07. The van der Waals surface area contributed by atoms with Gasteiger partial charge in [0.1, 0.15) is 11.0 Å². The van der Waals surface area contributed by atoms with Gasteiger partial charge in [-0.1, -0.05) is 35.9 Å². The summed E-state index contributed by atoms with van der Waals surface area (Å²) in [7, 11) is 3.53. The van der Waals surface area contributed by atoms with Crippen molar-refractivity contribution >= 4 is 35.1 Å². The minimum absolute atomic E-state index is 0.238. The van der Waals surface area contributed by atoms with Gasteiger partial charge in [0.25, 0.3) is 0 Å². The van der Waals surface area contributed by atoms with Gasteiger partial charge in [0.05, 0.1) is 7.11 Å². The number of benzene rings is 2. The van der Waals surface area contributed by atoms with Crippen molar-refractivity contribution in [1.82, 2.24) is 15.3 Å². The molecule has 4 rings (SSSR count). The minimum Gasteiger partial charge on any atom is -0.481 e. The largest absolute Gasteiger partial charge is 0.481 e. The van der Waals surface area contributed by atoms with Gasteiger partial charge in [0, 0.05) is 41.0 Å². The summed E-state index contributed by atoms with van der Waals surface area (Å²) < 4.78 is 17.2. The maximum atomic E-state index is 12.1. The molecule has 2 N–H and O–H groups in total. The van der Waals surface area contributed by atoms with E-state index in [4.69, 9.17) is 16.3 Å². The predicted molar refractivity (Wildman–Crippen MR) is 123 cm³/mol. The second-order valence-electron chi connectivity index (χ2n) is 6.68. The van der Waals surface area contributed by atoms with Crippen LogP contribution in [0.25, 0.3) is 10.9 Å². The smallest absolute Gasteiger partial charge is 0.214 e. The van der Waals surface area contributed by atoms with E-state index in [1.54, 1.807) is 19.2 Å². The summed E-state index contributed by atoms with van der Waals surface area (Å²) in [6.45, 7) is 0.855. The van der Waals surface area contributed by atoms with Gasteiger partial charge < -0.3 is 15.0 Å². The SMILES string of the molecule is CNCc1c[nH]c2cc(Cc3ccc(OC)nc3Cl)ccc12.Fc1cccc(S)c1. The lowest BCUT2D eigenvalue weighted by molar-refractivity contribution is 0.397. The Kier molecular flexibility index (Phi) is 7.74. The Morgan fingerprint density at radius 3 is 2.60 bits per heavy atom. The Bertz CT molecular complexity index is 1120. The van der Waals surface area contributed by atoms with Gasteiger partial charge in [-0.15, -0.1) is 12.6 Å². The zero-order valence-corrected chi connectivity index (χ0v) is 18.4. The number of ether oxygens (including phenoxy) is 1. The molecule has 0 unspecified atom stereocenters. The summed E-state index contributed by atoms with van der Waals surface area (Å²) in [6.07, 6.45) is 2.79. The number of aromatic amines is 1. The van der Waals surface area contributed by atoms with Crippen molar-refractivity contribution in [3.05, 3.63) is 88.5 Å². The highest BCUT2D eigenvalue weighted by atomic mass is 35.5. The molecule has 0 radical (unpaired) electrons. The molecule has 0 aliphatic heterocycles. The Hall–Kier alpha value is -2.54. The van der Waals surface area contributed by atoms with E-state index in [1.807, 2.05) is 25.4 Å². The number of nitrogens with one attached hydrogen (secondary N) is 2. The second-order valence-corrected chi connectivity index (χ2v) is 7.56. The van der Waals surface area contributed by atoms with Gasteiger partial charge in [-0.05, 0) is 48.0 Å². The highest BCUT2D eigenvalue weighted by Crippen LogP contribution is 2.24. The number of fused-ring (bicyclic) bond motifs is 1. The molecular weight excluding hydrogens is 421 g/mol. The number of rotatable bonds is 5. The van der Waals surface area contributed by atoms with Crippen LogP contribution in [0.5, 0.6) is 5.88 Å². The van der Waals surface area contributed by atoms with Crippen LogP contribution in [0.15, 0.2) is 65.7 Å². The molecule has 4 nitrogen and oxygen atoms in total. The first-order valence-electron chi connectivity index (χ1n) is 9.37. The van der Waals surface area contributed by atoms with Crippen LogP contribution < -0.4 is 10.1 Å². The summed E-state index contributed by atoms with van der Waals surface area (Å²) in [4.78, 5) is 8.19. The molecule has 2 aromatic heterocycles. The van der Waals surface area contributed by atoms with Gasteiger partial charge in [-0.2, -0.15) is 0 Å². The van der Waals surface area contributed by atoms with Crippen LogP contribution in [0.3, 0.4) is 0 Å². The summed E-state index contributed by atoms with van der Waals surface area (Å²) in [5.41, 5.74) is 4.59. The Balaban J connectivity index is 0.000000269. The fraction of sp³-hybridized carbons (Fsp3) is 0.174. The lowest BCUT2D eigenvalue weighted by Crippen LogP contribution is -2.03. The van der Waals surface area contributed by atoms with Crippen LogP contribution in [0.4, 0.5) is 4.39 Å². The highest BCUT2D eigenvalue weighted by molar-refractivity contribution is 7.80. The van der Waals surface area contributed by atoms with Crippen molar-refractivity contribution < 1.29 is 9.13 Å². The average Bonchev–Trinajstić information content (AvgIpc) is 3.12. The van der Waals surface area contributed by atoms with Crippen LogP contribution in [0.1, 0.15) is 16.7 Å². The van der Waals surface area contributed by atoms with Crippen molar-refractivity contribution in [3.8, 4) is 5.88 Å². The Morgan fingerprint density at radius 1 is 1.13 bits per heavy atom. The quantitative estimate of drug-likeness (QED) is 0.276. The van der Waals surface area contributed by atoms with Crippen molar-refractivity contribution in [2.45, 2.75) is 17.9 Å². The number of aromatic nitrogens is 2. The van der Waals surface area contributed by atoms with Gasteiger partial charge >= 0.3 is 0 Å². The van der Waals surface area contributed by atoms with Crippen molar-refractivity contribution in [3.63, 3.8) is 0 Å². The zero-order chi connectivity index (χ0) is 21.5. The molecule has 0 atom stereocenters. The summed E-state index contributed by atoms with van der Waals surface area (Å²) in [5.74, 6) is 0.294. The molecule has 0 aliphatic carbocycles. The van der Waals surface area contributed by atoms with Crippen LogP contribution in [0.2, 0.25) is 5.15 Å². The molecule has 2 heterocycles. The van der Waals surface area contributed by atoms with Crippen LogP contribution in [-0.4, -0.2) is 24.1 Å². The first-order valence-corrected chi connectivity index (χ1v) is 10.2. The Labute approximate surface area is 185 Å². The van der Waals surface area contributed by atoms with E-state index < -0.39 is 0 Å². The van der Waals surface area contributed by atoms with Gasteiger partial charge in [-0.3, -0.25) is 0 Å². The summed E-state index contributed by atoms with van der Waals surface area (Å²) in [5, 5.41) is 4.91. The normalized spacial score (nSPS) is 10.6. The second kappa shape index (κ2) is 10.5. The minimum atomic E-state index is -0.238. The van der Waals surface area contributed by atoms with Gasteiger partial charge in [-0.25, -0.2) is 9.37 Å². The van der Waals surface area contributed by atoms with Crippen LogP contribution >= 0.6 is 24.2 Å². The fourth-order valence-corrected chi connectivity index (χ4v) is 3.49. The Morgan fingerprint density at radius 2 is 1.97 bits per heavy atom. The third-order valence-electron chi connectivity index (χ3n) is 4.51. The molecule has 4 aromatic rings. The number of nitrogens with zero attached hydrogens (tertiary/aromatic N) is 1. The first-order chi connectivity index (χ1) is 14.5. The monoisotopic (exact) mass is 443 g/mol. The van der Waals surface area contributed by atoms with Gasteiger partial charge in [0.15, 0.2) is 0 Å². The zero-order valence-electron chi connectivity index (χ0n) is 16.7. The summed E-state index contributed by atoms with van der Waals surface area (Å²) in [6, 6.07) is 16.3. The number of H-pyrrole nitrogens is 1. The lowest BCUT2D eigenvalue weighted by atomic mass is 10.0. The molecular formula is C23H23ClFN3OS. The third kappa shape index (κ3) is 5.75. The van der Waals surface area contributed by atoms with E-state index in [-0.39, 0.29) is 5.82 Å². The molecule has 2 aromatic carbocycles. The van der Waals surface area contributed by atoms with Crippen LogP contribution in [0, 0.1) is 5.82 Å². The number of methoxy groups -OCH3 is 1. The predicted octanol–water partition coefficient (Wildman–Crippen LogP) is 5.65. The molecule has 30 heavy (non-hydrogen) atoms. The van der Waals surface area contributed by atoms with E-state index in [2.05, 4.69) is 46.1 Å². The van der Waals surface area contributed by atoms with E-state index in [0.29, 0.717) is 15.9 Å². The topological polar surface area (TPSA) is 49.9 Å². The molecule has 0 aliphatic rings. The maximum Gasteiger partial charge on any atom is 0.214 e. The molecule has 156 valence electrons. The van der Waals surface area contributed by atoms with Crippen molar-refractivity contribution in [2.24, 2.45) is 0 Å². The van der Waals surface area contributed by atoms with E-state index in [0.717, 1.165) is 24.0 Å². The molecule has 0 saturated carbocycles. The molecule has 0 fully saturated rings. The summed E-state index contributed by atoms with van der Waals surface area (Å²) >= 11 is 10.1. The molecule has 0 bridgehead atoms. The van der Waals surface area contributed by atoms with Crippen molar-refractivity contribution in [1.29, 1.82) is 0 Å². The number of hydrogen-bond acceptors (Lipinski definition) is 4. The molecule has 0 amide bonds. The third-order valence-corrected chi connectivity index (χ3v) is 5.12. The number of halogens is 2. The van der Waals surface area contributed by atoms with Crippen molar-refractivity contribution in [2.75, 3.05) is 14.2 Å². The van der Waals surface area contributed by atoms with E-state index in [9.17, 15) is 4.39 Å². The standard InChI is InChI=1S/C17H18ClN3O.C6H5FS/c1-19-9-13-10-20-15-8-11(3-5-14(13)15)7-12-4-6-16(22-2)21-17(12)18;7-5-2-1-3-6(8)4-5/h3-6,8,10,19-20H,7,9H2,1-2H3;1-4,8H. The van der Waals surface area contributed by atoms with E-state index >= 15 is 0 Å². The van der Waals surface area contributed by atoms with E-state index in [1.165, 1.54) is 28.6 Å². The average molecular weight is 444 g/mol. The molecule has 7 heteroatoms. The molecule has 0 saturated heterocycles. The number of thiol groups is 1. The maximum absolute atomic E-state index is 12.1. The first kappa shape index (κ1) is 22.2. The molecule has 0 spiro atoms. The van der Waals surface area contributed by atoms with Gasteiger partial charge in [0.2, 0.25) is 5.88 Å². The van der Waals surface area contributed by atoms with Crippen LogP contribution in [-0.2, 0) is 13.0 Å². The highest BCUT2D eigenvalue weighted by Gasteiger charge is 2.08. The number of hydrogen-bond donors (Lipinski definition) is 3. The lowest BCUT2D eigenvalue weighted by Gasteiger charge is -2.06.